The number of rotatable bonds is 11. The number of aromatic nitrogens is 2. The first kappa shape index (κ1) is 34.8. The number of furan rings is 1. The number of aryl methyl sites for hydroxylation is 1. The van der Waals surface area contributed by atoms with Gasteiger partial charge in [0.05, 0.1) is 17.5 Å². The normalized spacial score (nSPS) is 13.9. The Hall–Kier alpha value is -4.49. The van der Waals surface area contributed by atoms with Crippen molar-refractivity contribution in [1.82, 2.24) is 14.7 Å². The summed E-state index contributed by atoms with van der Waals surface area (Å²) in [5.74, 6) is -3.12. The van der Waals surface area contributed by atoms with Gasteiger partial charge < -0.3 is 24.1 Å². The summed E-state index contributed by atoms with van der Waals surface area (Å²) in [7, 11) is -1.89. The van der Waals surface area contributed by atoms with Crippen molar-refractivity contribution in [3.05, 3.63) is 65.2 Å². The first-order valence-electron chi connectivity index (χ1n) is 15.9. The molecule has 0 unspecified atom stereocenters. The van der Waals surface area contributed by atoms with Crippen LogP contribution in [-0.4, -0.2) is 60.3 Å². The van der Waals surface area contributed by atoms with Crippen LogP contribution in [0.5, 0.6) is 11.5 Å². The molecule has 3 heterocycles. The van der Waals surface area contributed by atoms with Gasteiger partial charge in [-0.15, -0.1) is 0 Å². The van der Waals surface area contributed by atoms with Crippen LogP contribution in [0.2, 0.25) is 0 Å². The highest BCUT2D eigenvalue weighted by molar-refractivity contribution is 7.91. The van der Waals surface area contributed by atoms with Crippen LogP contribution in [0.25, 0.3) is 11.0 Å². The number of amides is 1. The number of ether oxygens (including phenoxy) is 2. The van der Waals surface area contributed by atoms with E-state index in [-0.39, 0.29) is 27.5 Å². The van der Waals surface area contributed by atoms with Crippen molar-refractivity contribution < 1.29 is 36.7 Å². The second-order valence-electron chi connectivity index (χ2n) is 13.6. The minimum Gasteiger partial charge on any atom is -0.460 e. The van der Waals surface area contributed by atoms with Crippen LogP contribution >= 0.6 is 0 Å². The largest absolute Gasteiger partial charge is 0.460 e. The zero-order valence-corrected chi connectivity index (χ0v) is 29.2. The van der Waals surface area contributed by atoms with Gasteiger partial charge in [-0.1, -0.05) is 34.6 Å². The molecular weight excluding hydrogens is 636 g/mol. The maximum atomic E-state index is 13.7. The van der Waals surface area contributed by atoms with Crippen LogP contribution in [0.3, 0.4) is 0 Å². The molecule has 0 fully saturated rings. The zero-order valence-electron chi connectivity index (χ0n) is 28.4. The van der Waals surface area contributed by atoms with Crippen LogP contribution in [0.1, 0.15) is 75.2 Å². The predicted molar refractivity (Wildman–Crippen MR) is 180 cm³/mol. The summed E-state index contributed by atoms with van der Waals surface area (Å²) in [5.41, 5.74) is 2.83. The average Bonchev–Trinajstić information content (AvgIpc) is 3.55. The highest BCUT2D eigenvalue weighted by Crippen LogP contribution is 2.41. The van der Waals surface area contributed by atoms with Crippen LogP contribution in [0.15, 0.2) is 52.0 Å². The number of nitrogens with one attached hydrogen (secondary N) is 1. The van der Waals surface area contributed by atoms with E-state index in [4.69, 9.17) is 13.9 Å². The van der Waals surface area contributed by atoms with Gasteiger partial charge in [0.1, 0.15) is 22.7 Å². The van der Waals surface area contributed by atoms with E-state index in [0.717, 1.165) is 41.9 Å². The Balaban J connectivity index is 1.46. The summed E-state index contributed by atoms with van der Waals surface area (Å²) in [6, 6.07) is 7.78. The van der Waals surface area contributed by atoms with E-state index in [1.165, 1.54) is 12.1 Å². The second-order valence-corrected chi connectivity index (χ2v) is 15.6. The number of carbonyl (C=O) groups is 3. The van der Waals surface area contributed by atoms with Crippen LogP contribution < -0.4 is 14.8 Å². The molecule has 12 nitrogen and oxygen atoms in total. The molecule has 0 bridgehead atoms. The van der Waals surface area contributed by atoms with Crippen molar-refractivity contribution in [2.24, 2.45) is 5.92 Å². The van der Waals surface area contributed by atoms with E-state index < -0.39 is 45.6 Å². The van der Waals surface area contributed by atoms with Crippen molar-refractivity contribution in [3.63, 3.8) is 0 Å². The van der Waals surface area contributed by atoms with E-state index in [1.807, 2.05) is 30.1 Å². The molecule has 1 N–H and O–H groups in total. The lowest BCUT2D eigenvalue weighted by atomic mass is 9.88. The Morgan fingerprint density at radius 1 is 1.08 bits per heavy atom. The molecule has 1 amide bonds. The number of hydrogen-bond donors (Lipinski definition) is 1. The molecule has 1 aliphatic heterocycles. The Kier molecular flexibility index (Phi) is 9.84. The third-order valence-electron chi connectivity index (χ3n) is 7.87. The maximum absolute atomic E-state index is 13.7. The first-order chi connectivity index (χ1) is 22.5. The molecule has 0 atom stereocenters. The van der Waals surface area contributed by atoms with E-state index in [9.17, 15) is 22.8 Å². The van der Waals surface area contributed by atoms with E-state index >= 15 is 0 Å². The van der Waals surface area contributed by atoms with Crippen LogP contribution in [-0.2, 0) is 44.4 Å². The average molecular weight is 679 g/mol. The fourth-order valence-corrected chi connectivity index (χ4v) is 7.50. The van der Waals surface area contributed by atoms with Gasteiger partial charge in [0.15, 0.2) is 21.3 Å². The molecule has 0 saturated carbocycles. The minimum atomic E-state index is -3.95. The Bertz CT molecular complexity index is 1980. The molecule has 0 radical (unpaired) electrons. The lowest BCUT2D eigenvalue weighted by Crippen LogP contribution is -2.22. The number of anilines is 1. The predicted octanol–water partition coefficient (Wildman–Crippen LogP) is 5.52. The molecule has 4 aromatic rings. The van der Waals surface area contributed by atoms with Gasteiger partial charge in [-0.25, -0.2) is 8.42 Å². The maximum Gasteiger partial charge on any atom is 0.322 e. The smallest absolute Gasteiger partial charge is 0.322 e. The van der Waals surface area contributed by atoms with Gasteiger partial charge >= 0.3 is 11.9 Å². The summed E-state index contributed by atoms with van der Waals surface area (Å²) in [5, 5.41) is 8.05. The van der Waals surface area contributed by atoms with E-state index in [1.54, 1.807) is 26.0 Å². The standard InChI is InChI=1S/C35H42N4O8S/c1-8-39-19-22(17-36-39)18-38(7)14-13-24-26-15-23(9-11-27(26)45-33(24)35(4,5)6)37-34(42)25-10-12-28(48(43,44)20-21(2)3)32-31(25)46-29(40)16-30(41)47-32/h9-12,15,17,19,21H,8,13-14,16,18,20H2,1-7H3,(H,37,42). The molecule has 2 aromatic carbocycles. The molecule has 1 aliphatic rings. The highest BCUT2D eigenvalue weighted by atomic mass is 32.2. The fourth-order valence-electron chi connectivity index (χ4n) is 5.75. The Morgan fingerprint density at radius 2 is 1.79 bits per heavy atom. The Labute approximate surface area is 280 Å². The number of benzene rings is 2. The lowest BCUT2D eigenvalue weighted by molar-refractivity contribution is -0.142. The highest BCUT2D eigenvalue weighted by Gasteiger charge is 2.34. The number of nitrogens with zero attached hydrogens (tertiary/aromatic N) is 3. The van der Waals surface area contributed by atoms with Crippen molar-refractivity contribution >= 4 is 44.3 Å². The molecule has 0 spiro atoms. The molecule has 5 rings (SSSR count). The van der Waals surface area contributed by atoms with Crippen LogP contribution in [0, 0.1) is 5.92 Å². The molecule has 2 aromatic heterocycles. The fraction of sp³-hybridized carbons (Fsp3) is 0.429. The summed E-state index contributed by atoms with van der Waals surface area (Å²) in [6.07, 6.45) is 3.88. The molecule has 48 heavy (non-hydrogen) atoms. The van der Waals surface area contributed by atoms with Gasteiger partial charge in [-0.2, -0.15) is 5.10 Å². The summed E-state index contributed by atoms with van der Waals surface area (Å²) < 4.78 is 45.2. The third-order valence-corrected chi connectivity index (χ3v) is 9.96. The van der Waals surface area contributed by atoms with Crippen molar-refractivity contribution in [2.45, 2.75) is 77.8 Å². The van der Waals surface area contributed by atoms with E-state index in [2.05, 4.69) is 43.1 Å². The zero-order chi connectivity index (χ0) is 35.0. The molecule has 0 saturated heterocycles. The number of sulfone groups is 1. The quantitative estimate of drug-likeness (QED) is 0.122. The molecule has 0 aliphatic carbocycles. The summed E-state index contributed by atoms with van der Waals surface area (Å²) in [4.78, 5) is 40.3. The minimum absolute atomic E-state index is 0.160. The lowest BCUT2D eigenvalue weighted by Gasteiger charge is -2.20. The number of carbonyl (C=O) groups excluding carboxylic acids is 3. The van der Waals surface area contributed by atoms with E-state index in [0.29, 0.717) is 17.7 Å². The molecular formula is C35H42N4O8S. The SMILES string of the molecule is CCn1cc(CN(C)CCc2c(C(C)(C)C)oc3ccc(NC(=O)c4ccc(S(=O)(=O)CC(C)C)c5c4OC(=O)CC(=O)O5)cc23)cn1. The van der Waals surface area contributed by atoms with Crippen molar-refractivity contribution in [3.8, 4) is 11.5 Å². The van der Waals surface area contributed by atoms with Gasteiger partial charge in [0, 0.05) is 53.4 Å². The number of likely N-dealkylation sites (N-methyl/N-ethyl adjacent to an activating group) is 1. The van der Waals surface area contributed by atoms with Gasteiger partial charge in [0.25, 0.3) is 5.91 Å². The second kappa shape index (κ2) is 13.6. The van der Waals surface area contributed by atoms with Gasteiger partial charge in [0.2, 0.25) is 0 Å². The Morgan fingerprint density at radius 3 is 2.44 bits per heavy atom. The number of fused-ring (bicyclic) bond motifs is 2. The molecule has 13 heteroatoms. The summed E-state index contributed by atoms with van der Waals surface area (Å²) >= 11 is 0. The number of esters is 2. The van der Waals surface area contributed by atoms with Crippen molar-refractivity contribution in [2.75, 3.05) is 24.7 Å². The van der Waals surface area contributed by atoms with Gasteiger partial charge in [-0.05, 0) is 56.6 Å². The topological polar surface area (TPSA) is 150 Å². The first-order valence-corrected chi connectivity index (χ1v) is 17.6. The molecule has 256 valence electrons. The third kappa shape index (κ3) is 7.63. The number of hydrogen-bond acceptors (Lipinski definition) is 10. The van der Waals surface area contributed by atoms with Crippen LogP contribution in [0.4, 0.5) is 5.69 Å². The monoisotopic (exact) mass is 678 g/mol. The van der Waals surface area contributed by atoms with Crippen molar-refractivity contribution in [1.29, 1.82) is 0 Å². The summed E-state index contributed by atoms with van der Waals surface area (Å²) in [6.45, 7) is 14.1. The van der Waals surface area contributed by atoms with Gasteiger partial charge in [-0.3, -0.25) is 19.1 Å².